The van der Waals surface area contributed by atoms with Gasteiger partial charge in [0.2, 0.25) is 0 Å². The maximum absolute atomic E-state index is 10.1. The molecule has 62 valence electrons. The zero-order valence-corrected chi connectivity index (χ0v) is 6.63. The molecule has 0 spiro atoms. The van der Waals surface area contributed by atoms with Crippen molar-refractivity contribution in [2.45, 2.75) is 13.8 Å². The summed E-state index contributed by atoms with van der Waals surface area (Å²) in [5, 5.41) is 11.6. The van der Waals surface area contributed by atoms with E-state index in [0.717, 1.165) is 5.57 Å². The molecule has 0 atom stereocenters. The summed E-state index contributed by atoms with van der Waals surface area (Å²) in [4.78, 5) is 14.8. The van der Waals surface area contributed by atoms with E-state index in [9.17, 15) is 4.79 Å². The Balaban J connectivity index is 3.74. The number of nitrogens with zero attached hydrogens (tertiary/aromatic N) is 1. The van der Waals surface area contributed by atoms with Gasteiger partial charge in [0.15, 0.2) is 5.71 Å². The first-order valence-corrected chi connectivity index (χ1v) is 3.08. The van der Waals surface area contributed by atoms with Gasteiger partial charge in [-0.05, 0) is 19.4 Å². The van der Waals surface area contributed by atoms with Crippen LogP contribution in [0.4, 0.5) is 0 Å². The molecule has 4 heteroatoms. The molecule has 0 aliphatic heterocycles. The van der Waals surface area contributed by atoms with Gasteiger partial charge in [0.1, 0.15) is 6.61 Å². The third-order valence-corrected chi connectivity index (χ3v) is 0.822. The molecule has 0 radical (unpaired) electrons. The Kier molecular flexibility index (Phi) is 3.95. The standard InChI is InChI=1S/C7H11NO3/c1-5(2)4-11-8-6(3)7(9)10/h1,4H2,2-3H3,(H,9,10)/b8-6+. The van der Waals surface area contributed by atoms with Crippen molar-refractivity contribution >= 4 is 11.7 Å². The highest BCUT2D eigenvalue weighted by molar-refractivity contribution is 6.34. The van der Waals surface area contributed by atoms with Crippen molar-refractivity contribution in [1.82, 2.24) is 0 Å². The summed E-state index contributed by atoms with van der Waals surface area (Å²) >= 11 is 0. The van der Waals surface area contributed by atoms with Gasteiger partial charge < -0.3 is 9.94 Å². The van der Waals surface area contributed by atoms with E-state index >= 15 is 0 Å². The molecular formula is C7H11NO3. The van der Waals surface area contributed by atoms with E-state index in [4.69, 9.17) is 5.11 Å². The first kappa shape index (κ1) is 9.68. The van der Waals surface area contributed by atoms with Crippen LogP contribution in [-0.4, -0.2) is 23.4 Å². The lowest BCUT2D eigenvalue weighted by Crippen LogP contribution is -2.08. The van der Waals surface area contributed by atoms with E-state index in [0.29, 0.717) is 0 Å². The van der Waals surface area contributed by atoms with E-state index in [2.05, 4.69) is 16.6 Å². The van der Waals surface area contributed by atoms with Gasteiger partial charge in [0.25, 0.3) is 0 Å². The van der Waals surface area contributed by atoms with Crippen LogP contribution < -0.4 is 0 Å². The largest absolute Gasteiger partial charge is 0.477 e. The molecule has 0 aliphatic carbocycles. The number of carboxylic acid groups (broad SMARTS) is 1. The molecule has 0 bridgehead atoms. The molecule has 0 saturated carbocycles. The van der Waals surface area contributed by atoms with E-state index in [-0.39, 0.29) is 12.3 Å². The fraction of sp³-hybridized carbons (Fsp3) is 0.429. The van der Waals surface area contributed by atoms with Crippen LogP contribution in [0, 0.1) is 0 Å². The fourth-order valence-corrected chi connectivity index (χ4v) is 0.278. The first-order chi connectivity index (χ1) is 5.04. The maximum Gasteiger partial charge on any atom is 0.353 e. The predicted molar refractivity (Wildman–Crippen MR) is 41.5 cm³/mol. The second-order valence-corrected chi connectivity index (χ2v) is 2.21. The van der Waals surface area contributed by atoms with Crippen molar-refractivity contribution in [2.24, 2.45) is 5.16 Å². The minimum Gasteiger partial charge on any atom is -0.477 e. The zero-order valence-electron chi connectivity index (χ0n) is 6.63. The minimum atomic E-state index is -1.08. The Labute approximate surface area is 65.2 Å². The lowest BCUT2D eigenvalue weighted by atomic mass is 10.4. The molecule has 0 fully saturated rings. The van der Waals surface area contributed by atoms with Crippen molar-refractivity contribution in [3.05, 3.63) is 12.2 Å². The smallest absolute Gasteiger partial charge is 0.353 e. The molecule has 0 aromatic carbocycles. The van der Waals surface area contributed by atoms with Crippen LogP contribution in [0.2, 0.25) is 0 Å². The Hall–Kier alpha value is -1.32. The maximum atomic E-state index is 10.1. The summed E-state index contributed by atoms with van der Waals surface area (Å²) in [6, 6.07) is 0. The number of rotatable bonds is 4. The Morgan fingerprint density at radius 1 is 1.64 bits per heavy atom. The lowest BCUT2D eigenvalue weighted by Gasteiger charge is -1.97. The molecule has 4 nitrogen and oxygen atoms in total. The first-order valence-electron chi connectivity index (χ1n) is 3.08. The van der Waals surface area contributed by atoms with Gasteiger partial charge in [-0.15, -0.1) is 0 Å². The van der Waals surface area contributed by atoms with Gasteiger partial charge in [-0.3, -0.25) is 0 Å². The molecule has 0 rings (SSSR count). The number of aliphatic carboxylic acids is 1. The number of oxime groups is 1. The van der Waals surface area contributed by atoms with Gasteiger partial charge in [0, 0.05) is 0 Å². The summed E-state index contributed by atoms with van der Waals surface area (Å²) in [7, 11) is 0. The van der Waals surface area contributed by atoms with Gasteiger partial charge in [-0.25, -0.2) is 4.79 Å². The summed E-state index contributed by atoms with van der Waals surface area (Å²) in [6.07, 6.45) is 0. The highest BCUT2D eigenvalue weighted by atomic mass is 16.6. The van der Waals surface area contributed by atoms with E-state index in [1.807, 2.05) is 0 Å². The van der Waals surface area contributed by atoms with E-state index in [1.54, 1.807) is 6.92 Å². The molecule has 0 unspecified atom stereocenters. The van der Waals surface area contributed by atoms with E-state index in [1.165, 1.54) is 6.92 Å². The van der Waals surface area contributed by atoms with Crippen LogP contribution in [-0.2, 0) is 9.63 Å². The molecular weight excluding hydrogens is 146 g/mol. The second-order valence-electron chi connectivity index (χ2n) is 2.21. The van der Waals surface area contributed by atoms with Crippen LogP contribution in [0.3, 0.4) is 0 Å². The average Bonchev–Trinajstić information content (AvgIpc) is 1.86. The highest BCUT2D eigenvalue weighted by Crippen LogP contribution is 1.89. The third-order valence-electron chi connectivity index (χ3n) is 0.822. The summed E-state index contributed by atoms with van der Waals surface area (Å²) in [6.45, 7) is 6.94. The van der Waals surface area contributed by atoms with Crippen LogP contribution in [0.5, 0.6) is 0 Å². The highest BCUT2D eigenvalue weighted by Gasteiger charge is 2.00. The third kappa shape index (κ3) is 5.14. The molecule has 0 aromatic heterocycles. The van der Waals surface area contributed by atoms with Crippen LogP contribution in [0.25, 0.3) is 0 Å². The average molecular weight is 157 g/mol. The summed E-state index contributed by atoms with van der Waals surface area (Å²) in [5.41, 5.74) is 0.734. The van der Waals surface area contributed by atoms with E-state index < -0.39 is 5.97 Å². The quantitative estimate of drug-likeness (QED) is 0.377. The van der Waals surface area contributed by atoms with Crippen molar-refractivity contribution in [3.8, 4) is 0 Å². The van der Waals surface area contributed by atoms with Gasteiger partial charge in [-0.1, -0.05) is 11.7 Å². The van der Waals surface area contributed by atoms with Gasteiger partial charge in [0.05, 0.1) is 0 Å². The number of carbonyl (C=O) groups is 1. The monoisotopic (exact) mass is 157 g/mol. The second kappa shape index (κ2) is 4.49. The van der Waals surface area contributed by atoms with Crippen molar-refractivity contribution < 1.29 is 14.7 Å². The Bertz CT molecular complexity index is 196. The molecule has 0 heterocycles. The minimum absolute atomic E-state index is 0.0637. The van der Waals surface area contributed by atoms with Gasteiger partial charge >= 0.3 is 5.97 Å². The van der Waals surface area contributed by atoms with Crippen molar-refractivity contribution in [2.75, 3.05) is 6.61 Å². The number of hydrogen-bond acceptors (Lipinski definition) is 3. The number of carboxylic acids is 1. The number of hydrogen-bond donors (Lipinski definition) is 1. The van der Waals surface area contributed by atoms with Gasteiger partial charge in [-0.2, -0.15) is 0 Å². The van der Waals surface area contributed by atoms with Crippen molar-refractivity contribution in [3.63, 3.8) is 0 Å². The fourth-order valence-electron chi connectivity index (χ4n) is 0.278. The molecule has 0 amide bonds. The van der Waals surface area contributed by atoms with Crippen LogP contribution in [0.1, 0.15) is 13.8 Å². The van der Waals surface area contributed by atoms with Crippen LogP contribution >= 0.6 is 0 Å². The van der Waals surface area contributed by atoms with Crippen LogP contribution in [0.15, 0.2) is 17.3 Å². The zero-order chi connectivity index (χ0) is 8.85. The molecule has 0 aromatic rings. The van der Waals surface area contributed by atoms with Crippen molar-refractivity contribution in [1.29, 1.82) is 0 Å². The molecule has 1 N–H and O–H groups in total. The lowest BCUT2D eigenvalue weighted by molar-refractivity contribution is -0.129. The molecule has 0 saturated heterocycles. The topological polar surface area (TPSA) is 58.9 Å². The normalized spacial score (nSPS) is 10.9. The summed E-state index contributed by atoms with van der Waals surface area (Å²) < 4.78 is 0. The SMILES string of the molecule is C=C(C)CO/N=C(\C)C(=O)O. The molecule has 11 heavy (non-hydrogen) atoms. The Morgan fingerprint density at radius 2 is 2.18 bits per heavy atom. The predicted octanol–water partition coefficient (Wildman–Crippen LogP) is 1.04. The summed E-state index contributed by atoms with van der Waals surface area (Å²) in [5.74, 6) is -1.08. The Morgan fingerprint density at radius 3 is 2.55 bits per heavy atom. The molecule has 0 aliphatic rings.